The van der Waals surface area contributed by atoms with Gasteiger partial charge in [0.1, 0.15) is 6.61 Å². The molecule has 3 nitrogen and oxygen atoms in total. The Morgan fingerprint density at radius 3 is 2.72 bits per heavy atom. The van der Waals surface area contributed by atoms with Crippen LogP contribution >= 0.6 is 11.8 Å². The third-order valence-corrected chi connectivity index (χ3v) is 6.71. The van der Waals surface area contributed by atoms with E-state index in [0.717, 1.165) is 38.8 Å². The minimum absolute atomic E-state index is 0.339. The Bertz CT molecular complexity index is 441. The summed E-state index contributed by atoms with van der Waals surface area (Å²) in [6.45, 7) is 3.72. The van der Waals surface area contributed by atoms with Crippen LogP contribution in [0.2, 0.25) is 0 Å². The molecule has 1 N–H and O–H groups in total. The average Bonchev–Trinajstić information content (AvgIpc) is 2.88. The number of halogens is 2. The number of thioether (sulfide) groups is 1. The van der Waals surface area contributed by atoms with Crippen molar-refractivity contribution in [2.75, 3.05) is 26.2 Å². The summed E-state index contributed by atoms with van der Waals surface area (Å²) in [5.41, 5.74) is 0.873. The Hall–Kier alpha value is -0.330. The van der Waals surface area contributed by atoms with Crippen LogP contribution < -0.4 is 5.32 Å². The summed E-state index contributed by atoms with van der Waals surface area (Å²) in [6, 6.07) is 0. The van der Waals surface area contributed by atoms with Crippen LogP contribution in [0.25, 0.3) is 0 Å². The number of hydrogen-bond acceptors (Lipinski definition) is 4. The van der Waals surface area contributed by atoms with E-state index in [1.165, 1.54) is 62.1 Å². The zero-order valence-corrected chi connectivity index (χ0v) is 16.2. The molecule has 0 bridgehead atoms. The molecule has 0 spiro atoms. The molecule has 25 heavy (non-hydrogen) atoms. The predicted molar refractivity (Wildman–Crippen MR) is 99.6 cm³/mol. The summed E-state index contributed by atoms with van der Waals surface area (Å²) in [4.78, 5) is 3.87. The van der Waals surface area contributed by atoms with Crippen molar-refractivity contribution in [3.63, 3.8) is 0 Å². The lowest BCUT2D eigenvalue weighted by Crippen LogP contribution is -2.31. The van der Waals surface area contributed by atoms with Crippen molar-refractivity contribution in [1.82, 2.24) is 10.2 Å². The molecule has 0 radical (unpaired) electrons. The van der Waals surface area contributed by atoms with Crippen LogP contribution in [-0.4, -0.2) is 42.6 Å². The number of hydrogen-bond donors (Lipinski definition) is 1. The van der Waals surface area contributed by atoms with E-state index in [1.807, 2.05) is 0 Å². The van der Waals surface area contributed by atoms with Crippen LogP contribution in [0, 0.1) is 5.92 Å². The summed E-state index contributed by atoms with van der Waals surface area (Å²) in [7, 11) is 0. The molecule has 1 fully saturated rings. The molecule has 3 aliphatic rings. The van der Waals surface area contributed by atoms with Gasteiger partial charge in [0.05, 0.1) is 0 Å². The Kier molecular flexibility index (Phi) is 7.03. The maximum Gasteiger partial charge on any atom is 0.268 e. The molecule has 0 saturated heterocycles. The molecule has 0 aromatic heterocycles. The van der Waals surface area contributed by atoms with Gasteiger partial charge in [0.15, 0.2) is 5.56 Å². The topological polar surface area (TPSA) is 24.5 Å². The van der Waals surface area contributed by atoms with E-state index >= 15 is 0 Å². The summed E-state index contributed by atoms with van der Waals surface area (Å²) in [5, 5.41) is 3.29. The second-order valence-electron chi connectivity index (χ2n) is 7.86. The fourth-order valence-electron chi connectivity index (χ4n) is 4.12. The van der Waals surface area contributed by atoms with Gasteiger partial charge in [-0.3, -0.25) is 0 Å². The van der Waals surface area contributed by atoms with Gasteiger partial charge in [0.2, 0.25) is 0 Å². The first-order chi connectivity index (χ1) is 12.0. The molecule has 2 aliphatic heterocycles. The molecular weight excluding hydrogens is 342 g/mol. The van der Waals surface area contributed by atoms with Gasteiger partial charge < -0.3 is 15.0 Å². The van der Waals surface area contributed by atoms with E-state index < -0.39 is 12.5 Å². The highest BCUT2D eigenvalue weighted by molar-refractivity contribution is 8.03. The molecule has 0 amide bonds. The van der Waals surface area contributed by atoms with E-state index in [2.05, 4.69) is 10.2 Å². The number of ether oxygens (including phenoxy) is 1. The van der Waals surface area contributed by atoms with Gasteiger partial charge in [-0.15, -0.1) is 0 Å². The first-order valence-electron chi connectivity index (χ1n) is 9.86. The van der Waals surface area contributed by atoms with Crippen molar-refractivity contribution >= 4 is 11.8 Å². The molecule has 6 heteroatoms. The SMILES string of the molecule is CC(F)(F)COC1NC2=C(CCN(CCCC3CCCCC3)CC2)S1. The van der Waals surface area contributed by atoms with Crippen LogP contribution in [0.5, 0.6) is 0 Å². The quantitative estimate of drug-likeness (QED) is 0.682. The number of alkyl halides is 2. The Labute approximate surface area is 154 Å². The van der Waals surface area contributed by atoms with Crippen molar-refractivity contribution in [3.05, 3.63) is 10.6 Å². The molecule has 1 unspecified atom stereocenters. The average molecular weight is 375 g/mol. The van der Waals surface area contributed by atoms with Gasteiger partial charge in [-0.05, 0) is 31.7 Å². The first-order valence-corrected chi connectivity index (χ1v) is 10.7. The van der Waals surface area contributed by atoms with E-state index in [-0.39, 0.29) is 5.56 Å². The number of rotatable bonds is 7. The van der Waals surface area contributed by atoms with Crippen molar-refractivity contribution in [1.29, 1.82) is 0 Å². The second-order valence-corrected chi connectivity index (χ2v) is 9.02. The van der Waals surface area contributed by atoms with E-state index in [9.17, 15) is 8.78 Å². The van der Waals surface area contributed by atoms with E-state index in [1.54, 1.807) is 11.8 Å². The van der Waals surface area contributed by atoms with Crippen molar-refractivity contribution in [3.8, 4) is 0 Å². The minimum Gasteiger partial charge on any atom is -0.354 e. The van der Waals surface area contributed by atoms with Gasteiger partial charge in [0.25, 0.3) is 5.92 Å². The molecule has 0 aromatic rings. The summed E-state index contributed by atoms with van der Waals surface area (Å²) in [6.07, 6.45) is 11.9. The maximum absolute atomic E-state index is 12.9. The van der Waals surface area contributed by atoms with Crippen LogP contribution in [0.4, 0.5) is 8.78 Å². The Morgan fingerprint density at radius 1 is 1.20 bits per heavy atom. The van der Waals surface area contributed by atoms with Gasteiger partial charge in [0, 0.05) is 37.0 Å². The Balaban J connectivity index is 1.34. The number of nitrogens with one attached hydrogen (secondary N) is 1. The minimum atomic E-state index is -2.77. The molecule has 0 aromatic carbocycles. The van der Waals surface area contributed by atoms with E-state index in [4.69, 9.17) is 4.74 Å². The largest absolute Gasteiger partial charge is 0.354 e. The third kappa shape index (κ3) is 6.40. The Morgan fingerprint density at radius 2 is 1.96 bits per heavy atom. The molecule has 144 valence electrons. The lowest BCUT2D eigenvalue weighted by Gasteiger charge is -2.25. The normalized spacial score (nSPS) is 26.4. The number of nitrogens with zero attached hydrogens (tertiary/aromatic N) is 1. The third-order valence-electron chi connectivity index (χ3n) is 5.51. The summed E-state index contributed by atoms with van der Waals surface area (Å²) in [5.74, 6) is -1.80. The van der Waals surface area contributed by atoms with Gasteiger partial charge in [-0.2, -0.15) is 0 Å². The lowest BCUT2D eigenvalue weighted by atomic mass is 9.86. The highest BCUT2D eigenvalue weighted by atomic mass is 32.2. The van der Waals surface area contributed by atoms with Crippen LogP contribution in [0.15, 0.2) is 10.6 Å². The van der Waals surface area contributed by atoms with Crippen molar-refractivity contribution < 1.29 is 13.5 Å². The molecule has 2 heterocycles. The molecular formula is C19H32F2N2OS. The highest BCUT2D eigenvalue weighted by Gasteiger charge is 2.30. The van der Waals surface area contributed by atoms with Gasteiger partial charge >= 0.3 is 0 Å². The molecule has 1 aliphatic carbocycles. The maximum atomic E-state index is 12.9. The summed E-state index contributed by atoms with van der Waals surface area (Å²) < 4.78 is 31.2. The molecule has 1 saturated carbocycles. The predicted octanol–water partition coefficient (Wildman–Crippen LogP) is 4.95. The lowest BCUT2D eigenvalue weighted by molar-refractivity contribution is -0.0719. The fraction of sp³-hybridized carbons (Fsp3) is 0.895. The van der Waals surface area contributed by atoms with Crippen molar-refractivity contribution in [2.24, 2.45) is 5.92 Å². The van der Waals surface area contributed by atoms with Crippen LogP contribution in [-0.2, 0) is 4.74 Å². The van der Waals surface area contributed by atoms with Gasteiger partial charge in [-0.25, -0.2) is 8.78 Å². The monoisotopic (exact) mass is 374 g/mol. The molecule has 1 atom stereocenters. The second kappa shape index (κ2) is 9.05. The highest BCUT2D eigenvalue weighted by Crippen LogP contribution is 2.37. The summed E-state index contributed by atoms with van der Waals surface area (Å²) >= 11 is 1.58. The smallest absolute Gasteiger partial charge is 0.268 e. The standard InChI is InChI=1S/C19H32F2N2OS/c1-19(20,21)14-24-18-22-16-9-12-23(13-10-17(16)25-18)11-5-8-15-6-3-2-4-7-15/h15,18,22H,2-14H2,1H3. The van der Waals surface area contributed by atoms with Crippen LogP contribution in [0.3, 0.4) is 0 Å². The zero-order valence-electron chi connectivity index (χ0n) is 15.4. The van der Waals surface area contributed by atoms with Crippen LogP contribution in [0.1, 0.15) is 64.7 Å². The van der Waals surface area contributed by atoms with Gasteiger partial charge in [-0.1, -0.05) is 43.9 Å². The zero-order chi connectivity index (χ0) is 17.7. The van der Waals surface area contributed by atoms with E-state index in [0.29, 0.717) is 0 Å². The first kappa shape index (κ1) is 19.4. The molecule has 3 rings (SSSR count). The fourth-order valence-corrected chi connectivity index (χ4v) is 5.22. The van der Waals surface area contributed by atoms with Crippen molar-refractivity contribution in [2.45, 2.75) is 76.2 Å².